The lowest BCUT2D eigenvalue weighted by Crippen LogP contribution is -2.00. The van der Waals surface area contributed by atoms with Gasteiger partial charge in [-0.15, -0.1) is 22.7 Å². The highest BCUT2D eigenvalue weighted by Gasteiger charge is 2.17. The van der Waals surface area contributed by atoms with Crippen molar-refractivity contribution >= 4 is 85.0 Å². The summed E-state index contributed by atoms with van der Waals surface area (Å²) < 4.78 is 64.7. The minimum Gasteiger partial charge on any atom is -0.456 e. The first-order chi connectivity index (χ1) is 27.7. The molecule has 0 aliphatic heterocycles. The van der Waals surface area contributed by atoms with Crippen LogP contribution in [0, 0.1) is 0 Å². The molecule has 0 atom stereocenters. The molecular weight excluding hydrogens is 663 g/mol. The largest absolute Gasteiger partial charge is 0.456 e. The number of nitrogens with zero attached hydrogens (tertiary/aromatic N) is 3. The van der Waals surface area contributed by atoms with Gasteiger partial charge in [-0.2, -0.15) is 0 Å². The van der Waals surface area contributed by atoms with Crippen LogP contribution in [0.25, 0.3) is 108 Å². The monoisotopic (exact) mass is 693 g/mol. The van der Waals surface area contributed by atoms with Crippen molar-refractivity contribution in [2.45, 2.75) is 0 Å². The number of fused-ring (bicyclic) bond motifs is 9. The number of thiophene rings is 2. The first kappa shape index (κ1) is 23.2. The molecule has 4 nitrogen and oxygen atoms in total. The third-order valence-corrected chi connectivity index (χ3v) is 11.5. The van der Waals surface area contributed by atoms with Gasteiger partial charge in [0.25, 0.3) is 0 Å². The molecule has 0 N–H and O–H groups in total. The molecular formula is C45H25N3OS2. The maximum Gasteiger partial charge on any atom is 0.164 e. The average molecular weight is 694 g/mol. The van der Waals surface area contributed by atoms with E-state index < -0.39 is 0 Å². The van der Waals surface area contributed by atoms with Crippen LogP contribution in [0.1, 0.15) is 8.22 Å². The van der Waals surface area contributed by atoms with Gasteiger partial charge in [-0.25, -0.2) is 15.0 Å². The van der Waals surface area contributed by atoms with Crippen LogP contribution in [0.4, 0.5) is 0 Å². The molecule has 6 heteroatoms. The quantitative estimate of drug-likeness (QED) is 0.184. The second-order valence-electron chi connectivity index (χ2n) is 12.3. The van der Waals surface area contributed by atoms with Crippen LogP contribution >= 0.6 is 22.7 Å². The minimum absolute atomic E-state index is 0.0673. The zero-order chi connectivity index (χ0) is 38.7. The second-order valence-corrected chi connectivity index (χ2v) is 14.4. The number of para-hydroxylation sites is 1. The highest BCUT2D eigenvalue weighted by atomic mass is 32.1. The highest BCUT2D eigenvalue weighted by molar-refractivity contribution is 7.26. The van der Waals surface area contributed by atoms with Gasteiger partial charge < -0.3 is 4.42 Å². The normalized spacial score (nSPS) is 13.6. The van der Waals surface area contributed by atoms with Crippen molar-refractivity contribution < 1.29 is 12.6 Å². The summed E-state index contributed by atoms with van der Waals surface area (Å²) in [5.74, 6) is 0.819. The van der Waals surface area contributed by atoms with E-state index in [9.17, 15) is 4.11 Å². The first-order valence-corrected chi connectivity index (χ1v) is 18.0. The topological polar surface area (TPSA) is 51.8 Å². The summed E-state index contributed by atoms with van der Waals surface area (Å²) in [4.78, 5) is 14.7. The van der Waals surface area contributed by atoms with Gasteiger partial charge in [0.15, 0.2) is 17.5 Å². The summed E-state index contributed by atoms with van der Waals surface area (Å²) in [6, 6.07) is 36.0. The third kappa shape index (κ3) is 4.61. The van der Waals surface area contributed by atoms with Gasteiger partial charge in [0.1, 0.15) is 11.2 Å². The highest BCUT2D eigenvalue weighted by Crippen LogP contribution is 2.43. The Morgan fingerprint density at radius 1 is 0.451 bits per heavy atom. The van der Waals surface area contributed by atoms with Crippen LogP contribution in [-0.4, -0.2) is 15.0 Å². The van der Waals surface area contributed by atoms with Crippen molar-refractivity contribution in [3.8, 4) is 45.3 Å². The lowest BCUT2D eigenvalue weighted by molar-refractivity contribution is 0.669. The van der Waals surface area contributed by atoms with Gasteiger partial charge >= 0.3 is 0 Å². The van der Waals surface area contributed by atoms with Crippen LogP contribution in [-0.2, 0) is 0 Å². The van der Waals surface area contributed by atoms with E-state index in [1.165, 1.54) is 16.0 Å². The first-order valence-electron chi connectivity index (χ1n) is 19.4. The number of hydrogen-bond donors (Lipinski definition) is 0. The summed E-state index contributed by atoms with van der Waals surface area (Å²) in [6.07, 6.45) is 0. The minimum atomic E-state index is -0.291. The maximum absolute atomic E-state index is 9.65. The Bertz CT molecular complexity index is 3510. The molecule has 0 fully saturated rings. The van der Waals surface area contributed by atoms with Gasteiger partial charge in [-0.05, 0) is 59.6 Å². The van der Waals surface area contributed by atoms with Crippen molar-refractivity contribution in [3.05, 3.63) is 152 Å². The smallest absolute Gasteiger partial charge is 0.164 e. The van der Waals surface area contributed by atoms with E-state index in [0.717, 1.165) is 43.0 Å². The Hall–Kier alpha value is -6.21. The zero-order valence-corrected chi connectivity index (χ0v) is 28.2. The summed E-state index contributed by atoms with van der Waals surface area (Å²) in [6.45, 7) is 0. The summed E-state index contributed by atoms with van der Waals surface area (Å²) in [7, 11) is 0. The molecule has 7 aromatic carbocycles. The van der Waals surface area contributed by atoms with Crippen LogP contribution in [0.2, 0.25) is 0 Å². The number of furan rings is 1. The van der Waals surface area contributed by atoms with Crippen molar-refractivity contribution in [1.82, 2.24) is 15.0 Å². The van der Waals surface area contributed by atoms with Crippen molar-refractivity contribution in [1.29, 1.82) is 0 Å². The van der Waals surface area contributed by atoms with E-state index >= 15 is 0 Å². The number of rotatable bonds is 4. The Kier molecular flexibility index (Phi) is 5.08. The fraction of sp³-hybridized carbons (Fsp3) is 0. The standard InChI is InChI=1S/C45H25N3OS2/c1-2-9-26(10-3-1)43-46-44(28-19-22-40-36(24-28)32-12-5-7-16-39(32)50-40)48-45(47-43)29-17-20-33-34-14-8-13-30(42(34)51-41(33)25-29)27-18-21-38-35(23-27)31-11-4-6-15-37(31)49-38/h1-25H/i8D,13D,14D,17D,20D,25D. The summed E-state index contributed by atoms with van der Waals surface area (Å²) in [5, 5.41) is 4.48. The molecule has 4 aromatic heterocycles. The van der Waals surface area contributed by atoms with Crippen LogP contribution < -0.4 is 0 Å². The molecule has 11 rings (SSSR count). The SMILES string of the molecule is [2H]c1c([2H])c([2H])c2c(sc3c([2H])c(-c4nc(-c5ccccc5)nc(-c5ccc6sc7ccccc7c6c5)n4)c([2H])c([2H])c32)c1-c1ccc2oc3ccccc3c2c1. The third-order valence-electron chi connectivity index (χ3n) is 9.25. The van der Waals surface area contributed by atoms with Crippen molar-refractivity contribution in [2.24, 2.45) is 0 Å². The van der Waals surface area contributed by atoms with Crippen LogP contribution in [0.5, 0.6) is 0 Å². The van der Waals surface area contributed by atoms with Crippen molar-refractivity contribution in [2.75, 3.05) is 0 Å². The van der Waals surface area contributed by atoms with Gasteiger partial charge in [-0.1, -0.05) is 103 Å². The molecule has 0 radical (unpaired) electrons. The predicted molar refractivity (Wildman–Crippen MR) is 215 cm³/mol. The molecule has 51 heavy (non-hydrogen) atoms. The van der Waals surface area contributed by atoms with E-state index in [1.54, 1.807) is 11.3 Å². The van der Waals surface area contributed by atoms with E-state index in [2.05, 4.69) is 24.3 Å². The molecule has 238 valence electrons. The number of benzene rings is 7. The maximum atomic E-state index is 9.65. The molecule has 0 saturated carbocycles. The fourth-order valence-electron chi connectivity index (χ4n) is 6.81. The zero-order valence-electron chi connectivity index (χ0n) is 32.5. The van der Waals surface area contributed by atoms with Gasteiger partial charge in [-0.3, -0.25) is 0 Å². The molecule has 0 aliphatic carbocycles. The fourth-order valence-corrected chi connectivity index (χ4v) is 9.04. The predicted octanol–water partition coefficient (Wildman–Crippen LogP) is 13.2. The summed E-state index contributed by atoms with van der Waals surface area (Å²) in [5.41, 5.74) is 4.04. The van der Waals surface area contributed by atoms with Crippen molar-refractivity contribution in [3.63, 3.8) is 0 Å². The molecule has 0 bridgehead atoms. The number of hydrogen-bond acceptors (Lipinski definition) is 6. The molecule has 0 amide bonds. The Balaban J connectivity index is 1.16. The van der Waals surface area contributed by atoms with Gasteiger partial charge in [0, 0.05) is 67.8 Å². The number of aromatic nitrogens is 3. The van der Waals surface area contributed by atoms with Crippen LogP contribution in [0.15, 0.2) is 156 Å². The molecule has 0 saturated heterocycles. The molecule has 11 aromatic rings. The molecule has 4 heterocycles. The second kappa shape index (κ2) is 11.2. The van der Waals surface area contributed by atoms with Crippen LogP contribution in [0.3, 0.4) is 0 Å². The molecule has 0 unspecified atom stereocenters. The van der Waals surface area contributed by atoms with E-state index in [0.29, 0.717) is 37.8 Å². The molecule has 0 aliphatic rings. The van der Waals surface area contributed by atoms with Gasteiger partial charge in [0.2, 0.25) is 0 Å². The summed E-state index contributed by atoms with van der Waals surface area (Å²) >= 11 is 2.90. The lowest BCUT2D eigenvalue weighted by Gasteiger charge is -2.09. The molecule has 0 spiro atoms. The van der Waals surface area contributed by atoms with E-state index in [-0.39, 0.29) is 58.4 Å². The van der Waals surface area contributed by atoms with E-state index in [4.69, 9.17) is 23.5 Å². The Morgan fingerprint density at radius 2 is 1.16 bits per heavy atom. The lowest BCUT2D eigenvalue weighted by atomic mass is 10.0. The van der Waals surface area contributed by atoms with Gasteiger partial charge in [0.05, 0.1) is 8.22 Å². The average Bonchev–Trinajstić information content (AvgIpc) is 3.94. The Morgan fingerprint density at radius 3 is 2.06 bits per heavy atom. The van der Waals surface area contributed by atoms with E-state index in [1.807, 2.05) is 91.0 Å². The Labute approximate surface area is 308 Å².